The number of piperidine rings is 1. The van der Waals surface area contributed by atoms with Crippen LogP contribution in [0.25, 0.3) is 0 Å². The standard InChI is InChI=1S/C18H27N5/c19-17-21-15-13(4-3-8-18(15)6-1-2-7-18)16(22-17)23-11-12-10-20-9-5-14(12)23/h12,14,20H,1-11H2,(H2,19,21,22). The molecule has 0 radical (unpaired) electrons. The molecule has 0 amide bonds. The predicted octanol–water partition coefficient (Wildman–Crippen LogP) is 2.00. The van der Waals surface area contributed by atoms with Gasteiger partial charge in [0.05, 0.1) is 5.69 Å². The van der Waals surface area contributed by atoms with Crippen LogP contribution < -0.4 is 16.0 Å². The Morgan fingerprint density at radius 1 is 1.13 bits per heavy atom. The van der Waals surface area contributed by atoms with Gasteiger partial charge in [0.25, 0.3) is 0 Å². The maximum Gasteiger partial charge on any atom is 0.222 e. The molecule has 23 heavy (non-hydrogen) atoms. The van der Waals surface area contributed by atoms with Gasteiger partial charge in [-0.15, -0.1) is 0 Å². The van der Waals surface area contributed by atoms with Crippen LogP contribution >= 0.6 is 0 Å². The SMILES string of the molecule is Nc1nc(N2CC3CNCCC32)c2c(n1)C1(CCCC1)CCC2. The fourth-order valence-electron chi connectivity index (χ4n) is 5.66. The van der Waals surface area contributed by atoms with Crippen LogP contribution in [0.2, 0.25) is 0 Å². The Labute approximate surface area is 138 Å². The maximum absolute atomic E-state index is 6.16. The molecule has 5 heteroatoms. The highest BCUT2D eigenvalue weighted by Crippen LogP contribution is 2.50. The lowest BCUT2D eigenvalue weighted by Crippen LogP contribution is -2.63. The molecule has 3 fully saturated rings. The van der Waals surface area contributed by atoms with Gasteiger partial charge in [-0.3, -0.25) is 0 Å². The van der Waals surface area contributed by atoms with Crippen molar-refractivity contribution >= 4 is 11.8 Å². The van der Waals surface area contributed by atoms with Gasteiger partial charge in [0.2, 0.25) is 5.95 Å². The molecule has 5 nitrogen and oxygen atoms in total. The number of rotatable bonds is 1. The maximum atomic E-state index is 6.16. The van der Waals surface area contributed by atoms with Crippen molar-refractivity contribution in [3.63, 3.8) is 0 Å². The first-order valence-electron chi connectivity index (χ1n) is 9.41. The van der Waals surface area contributed by atoms with Crippen LogP contribution in [0.1, 0.15) is 56.2 Å². The first-order valence-corrected chi connectivity index (χ1v) is 9.41. The van der Waals surface area contributed by atoms with E-state index in [1.807, 2.05) is 0 Å². The lowest BCUT2D eigenvalue weighted by Gasteiger charge is -2.52. The summed E-state index contributed by atoms with van der Waals surface area (Å²) in [5.41, 5.74) is 9.23. The Balaban J connectivity index is 1.56. The molecule has 1 aromatic rings. The van der Waals surface area contributed by atoms with Gasteiger partial charge in [0, 0.05) is 36.0 Å². The number of nitrogens with two attached hydrogens (primary N) is 1. The predicted molar refractivity (Wildman–Crippen MR) is 91.6 cm³/mol. The van der Waals surface area contributed by atoms with Gasteiger partial charge in [-0.2, -0.15) is 4.98 Å². The second kappa shape index (κ2) is 5.07. The van der Waals surface area contributed by atoms with Gasteiger partial charge in [0.15, 0.2) is 0 Å². The van der Waals surface area contributed by atoms with Crippen LogP contribution in [-0.4, -0.2) is 35.6 Å². The fourth-order valence-corrected chi connectivity index (χ4v) is 5.66. The van der Waals surface area contributed by atoms with Gasteiger partial charge in [-0.1, -0.05) is 12.8 Å². The van der Waals surface area contributed by atoms with E-state index in [1.54, 1.807) is 0 Å². The summed E-state index contributed by atoms with van der Waals surface area (Å²) < 4.78 is 0. The Hall–Kier alpha value is -1.36. The molecule has 124 valence electrons. The third-order valence-electron chi connectivity index (χ3n) is 6.82. The summed E-state index contributed by atoms with van der Waals surface area (Å²) in [5.74, 6) is 2.46. The molecule has 2 aliphatic heterocycles. The molecule has 2 atom stereocenters. The Morgan fingerprint density at radius 3 is 2.78 bits per heavy atom. The zero-order valence-corrected chi connectivity index (χ0v) is 13.9. The Bertz CT molecular complexity index is 622. The van der Waals surface area contributed by atoms with Crippen molar-refractivity contribution in [1.82, 2.24) is 15.3 Å². The number of aromatic nitrogens is 2. The van der Waals surface area contributed by atoms with E-state index in [0.717, 1.165) is 32.0 Å². The van der Waals surface area contributed by atoms with E-state index in [1.165, 1.54) is 62.0 Å². The lowest BCUT2D eigenvalue weighted by molar-refractivity contribution is 0.227. The van der Waals surface area contributed by atoms with Crippen LogP contribution in [-0.2, 0) is 11.8 Å². The Kier molecular flexibility index (Phi) is 3.09. The number of nitrogens with zero attached hydrogens (tertiary/aromatic N) is 3. The lowest BCUT2D eigenvalue weighted by atomic mass is 9.71. The summed E-state index contributed by atoms with van der Waals surface area (Å²) in [6.07, 6.45) is 10.2. The summed E-state index contributed by atoms with van der Waals surface area (Å²) in [7, 11) is 0. The highest BCUT2D eigenvalue weighted by Gasteiger charge is 2.46. The average molecular weight is 313 g/mol. The van der Waals surface area contributed by atoms with Crippen molar-refractivity contribution in [1.29, 1.82) is 0 Å². The smallest absolute Gasteiger partial charge is 0.222 e. The quantitative estimate of drug-likeness (QED) is 0.830. The highest BCUT2D eigenvalue weighted by molar-refractivity contribution is 5.57. The van der Waals surface area contributed by atoms with Crippen LogP contribution in [0.5, 0.6) is 0 Å². The van der Waals surface area contributed by atoms with Crippen LogP contribution in [0.4, 0.5) is 11.8 Å². The van der Waals surface area contributed by atoms with Crippen molar-refractivity contribution in [3.05, 3.63) is 11.3 Å². The number of anilines is 2. The van der Waals surface area contributed by atoms with Gasteiger partial charge in [-0.25, -0.2) is 4.98 Å². The number of hydrogen-bond acceptors (Lipinski definition) is 5. The first kappa shape index (κ1) is 14.0. The molecule has 1 spiro atoms. The largest absolute Gasteiger partial charge is 0.368 e. The molecule has 2 aliphatic carbocycles. The van der Waals surface area contributed by atoms with Crippen molar-refractivity contribution in [2.45, 2.75) is 62.8 Å². The molecule has 0 bridgehead atoms. The average Bonchev–Trinajstić information content (AvgIpc) is 2.99. The zero-order valence-electron chi connectivity index (χ0n) is 13.9. The summed E-state index contributed by atoms with van der Waals surface area (Å²) in [6.45, 7) is 3.42. The van der Waals surface area contributed by atoms with Gasteiger partial charge in [-0.05, 0) is 45.1 Å². The number of hydrogen-bond donors (Lipinski definition) is 2. The van der Waals surface area contributed by atoms with E-state index in [-0.39, 0.29) is 0 Å². The molecule has 3 heterocycles. The molecule has 2 unspecified atom stereocenters. The third kappa shape index (κ3) is 2.02. The minimum atomic E-state index is 0.317. The summed E-state index contributed by atoms with van der Waals surface area (Å²) in [4.78, 5) is 12.0. The number of nitrogen functional groups attached to an aromatic ring is 1. The summed E-state index contributed by atoms with van der Waals surface area (Å²) in [5, 5.41) is 3.52. The Morgan fingerprint density at radius 2 is 1.96 bits per heavy atom. The monoisotopic (exact) mass is 313 g/mol. The van der Waals surface area contributed by atoms with Crippen LogP contribution in [0.3, 0.4) is 0 Å². The number of nitrogens with one attached hydrogen (secondary N) is 1. The van der Waals surface area contributed by atoms with E-state index in [2.05, 4.69) is 10.2 Å². The van der Waals surface area contributed by atoms with Crippen molar-refractivity contribution < 1.29 is 0 Å². The van der Waals surface area contributed by atoms with Gasteiger partial charge >= 0.3 is 0 Å². The van der Waals surface area contributed by atoms with Gasteiger partial charge < -0.3 is 16.0 Å². The van der Waals surface area contributed by atoms with E-state index in [9.17, 15) is 0 Å². The molecule has 0 aromatic carbocycles. The normalized spacial score (nSPS) is 31.6. The third-order valence-corrected chi connectivity index (χ3v) is 6.82. The molecule has 2 saturated heterocycles. The second-order valence-electron chi connectivity index (χ2n) is 8.05. The molecule has 5 rings (SSSR count). The van der Waals surface area contributed by atoms with Crippen LogP contribution in [0, 0.1) is 5.92 Å². The molecular weight excluding hydrogens is 286 g/mol. The topological polar surface area (TPSA) is 67.1 Å². The molecular formula is C18H27N5. The minimum absolute atomic E-state index is 0.317. The zero-order chi connectivity index (χ0) is 15.4. The summed E-state index contributed by atoms with van der Waals surface area (Å²) in [6, 6.07) is 0.663. The van der Waals surface area contributed by atoms with E-state index in [4.69, 9.17) is 15.7 Å². The highest BCUT2D eigenvalue weighted by atomic mass is 15.3. The summed E-state index contributed by atoms with van der Waals surface area (Å²) >= 11 is 0. The van der Waals surface area contributed by atoms with Crippen molar-refractivity contribution in [2.24, 2.45) is 5.92 Å². The molecule has 4 aliphatic rings. The van der Waals surface area contributed by atoms with E-state index >= 15 is 0 Å². The van der Waals surface area contributed by atoms with E-state index in [0.29, 0.717) is 17.4 Å². The number of fused-ring (bicyclic) bond motifs is 3. The molecule has 1 saturated carbocycles. The molecule has 3 N–H and O–H groups in total. The van der Waals surface area contributed by atoms with E-state index < -0.39 is 0 Å². The molecule has 1 aromatic heterocycles. The van der Waals surface area contributed by atoms with Gasteiger partial charge in [0.1, 0.15) is 5.82 Å². The second-order valence-corrected chi connectivity index (χ2v) is 8.05. The fraction of sp³-hybridized carbons (Fsp3) is 0.778. The minimum Gasteiger partial charge on any atom is -0.368 e. The first-order chi connectivity index (χ1) is 11.3. The van der Waals surface area contributed by atoms with Crippen molar-refractivity contribution in [2.75, 3.05) is 30.3 Å². The van der Waals surface area contributed by atoms with Crippen LogP contribution in [0.15, 0.2) is 0 Å². The van der Waals surface area contributed by atoms with Crippen molar-refractivity contribution in [3.8, 4) is 0 Å².